The molecule has 1 atom stereocenters. The fraction of sp³-hybridized carbons (Fsp3) is 0.222. The average Bonchev–Trinajstić information content (AvgIpc) is 2.52. The van der Waals surface area contributed by atoms with Crippen molar-refractivity contribution in [2.45, 2.75) is 19.5 Å². The summed E-state index contributed by atoms with van der Waals surface area (Å²) in [4.78, 5) is 0. The van der Waals surface area contributed by atoms with E-state index in [1.165, 1.54) is 5.56 Å². The van der Waals surface area contributed by atoms with Gasteiger partial charge in [0, 0.05) is 18.2 Å². The average molecular weight is 265 g/mol. The van der Waals surface area contributed by atoms with Gasteiger partial charge < -0.3 is 10.1 Å². The van der Waals surface area contributed by atoms with Crippen LogP contribution in [0.4, 0.5) is 0 Å². The molecule has 2 rings (SSSR count). The Bertz CT molecular complexity index is 571. The van der Waals surface area contributed by atoms with Gasteiger partial charge in [0.25, 0.3) is 0 Å². The third-order valence-corrected chi connectivity index (χ3v) is 3.18. The third-order valence-electron chi connectivity index (χ3n) is 3.18. The molecule has 2 aromatic carbocycles. The first kappa shape index (κ1) is 14.2. The van der Waals surface area contributed by atoms with E-state index < -0.39 is 0 Å². The molecule has 0 amide bonds. The van der Waals surface area contributed by atoms with E-state index in [4.69, 9.17) is 11.2 Å². The second kappa shape index (κ2) is 7.37. The van der Waals surface area contributed by atoms with E-state index in [1.54, 1.807) is 0 Å². The molecule has 0 fully saturated rings. The van der Waals surface area contributed by atoms with Crippen LogP contribution in [0.5, 0.6) is 5.75 Å². The van der Waals surface area contributed by atoms with Gasteiger partial charge in [-0.25, -0.2) is 0 Å². The molecule has 2 aromatic rings. The van der Waals surface area contributed by atoms with Gasteiger partial charge in [-0.05, 0) is 18.6 Å². The number of para-hydroxylation sites is 1. The Morgan fingerprint density at radius 3 is 2.55 bits per heavy atom. The van der Waals surface area contributed by atoms with Crippen LogP contribution in [0.15, 0.2) is 54.6 Å². The van der Waals surface area contributed by atoms with Crippen LogP contribution < -0.4 is 10.1 Å². The summed E-state index contributed by atoms with van der Waals surface area (Å²) in [6.07, 6.45) is 5.23. The van der Waals surface area contributed by atoms with Crippen molar-refractivity contribution in [2.24, 2.45) is 0 Å². The van der Waals surface area contributed by atoms with Gasteiger partial charge in [0.15, 0.2) is 0 Å². The lowest BCUT2D eigenvalue weighted by molar-refractivity contribution is 0.364. The Morgan fingerprint density at radius 1 is 1.10 bits per heavy atom. The Labute approximate surface area is 120 Å². The van der Waals surface area contributed by atoms with Crippen LogP contribution in [-0.4, -0.2) is 6.61 Å². The number of hydrogen-bond donors (Lipinski definition) is 1. The standard InChI is InChI=1S/C18H19NO/c1-3-13-20-18-12-8-7-11-17(18)14-19-15(2)16-9-5-4-6-10-16/h1,4-12,15,19H,13-14H2,2H3. The first-order valence-corrected chi connectivity index (χ1v) is 6.73. The van der Waals surface area contributed by atoms with Crippen molar-refractivity contribution in [1.82, 2.24) is 5.32 Å². The molecular formula is C18H19NO. The van der Waals surface area contributed by atoms with Gasteiger partial charge in [0.05, 0.1) is 0 Å². The molecule has 0 aliphatic heterocycles. The van der Waals surface area contributed by atoms with Crippen molar-refractivity contribution in [3.8, 4) is 18.1 Å². The van der Waals surface area contributed by atoms with Crippen LogP contribution in [0.3, 0.4) is 0 Å². The Kier molecular flexibility index (Phi) is 5.23. The second-order valence-electron chi connectivity index (χ2n) is 4.61. The highest BCUT2D eigenvalue weighted by atomic mass is 16.5. The normalized spacial score (nSPS) is 11.6. The van der Waals surface area contributed by atoms with Crippen LogP contribution >= 0.6 is 0 Å². The van der Waals surface area contributed by atoms with Crippen molar-refractivity contribution in [3.05, 3.63) is 65.7 Å². The van der Waals surface area contributed by atoms with Gasteiger partial charge in [0.2, 0.25) is 0 Å². The number of benzene rings is 2. The largest absolute Gasteiger partial charge is 0.481 e. The molecule has 1 N–H and O–H groups in total. The molecule has 0 radical (unpaired) electrons. The Balaban J connectivity index is 1.99. The van der Waals surface area contributed by atoms with Crippen LogP contribution in [0.25, 0.3) is 0 Å². The topological polar surface area (TPSA) is 21.3 Å². The van der Waals surface area contributed by atoms with E-state index in [-0.39, 0.29) is 6.04 Å². The second-order valence-corrected chi connectivity index (χ2v) is 4.61. The Morgan fingerprint density at radius 2 is 1.80 bits per heavy atom. The highest BCUT2D eigenvalue weighted by Gasteiger charge is 2.06. The van der Waals surface area contributed by atoms with E-state index >= 15 is 0 Å². The van der Waals surface area contributed by atoms with Crippen LogP contribution in [-0.2, 0) is 6.54 Å². The number of nitrogens with one attached hydrogen (secondary N) is 1. The van der Waals surface area contributed by atoms with Gasteiger partial charge in [-0.2, -0.15) is 0 Å². The van der Waals surface area contributed by atoms with E-state index in [2.05, 4.69) is 48.5 Å². The molecule has 0 spiro atoms. The lowest BCUT2D eigenvalue weighted by atomic mass is 10.1. The number of terminal acetylenes is 1. The minimum absolute atomic E-state index is 0.289. The zero-order chi connectivity index (χ0) is 14.2. The molecule has 0 aromatic heterocycles. The van der Waals surface area contributed by atoms with Crippen molar-refractivity contribution in [2.75, 3.05) is 6.61 Å². The fourth-order valence-electron chi connectivity index (χ4n) is 2.03. The van der Waals surface area contributed by atoms with Gasteiger partial charge >= 0.3 is 0 Å². The summed E-state index contributed by atoms with van der Waals surface area (Å²) in [5.74, 6) is 3.34. The maximum absolute atomic E-state index is 5.55. The van der Waals surface area contributed by atoms with Gasteiger partial charge in [-0.3, -0.25) is 0 Å². The van der Waals surface area contributed by atoms with Gasteiger partial charge in [0.1, 0.15) is 12.4 Å². The smallest absolute Gasteiger partial charge is 0.148 e. The third kappa shape index (κ3) is 3.88. The molecule has 102 valence electrons. The lowest BCUT2D eigenvalue weighted by Gasteiger charge is -2.16. The van der Waals surface area contributed by atoms with Crippen molar-refractivity contribution in [3.63, 3.8) is 0 Å². The summed E-state index contributed by atoms with van der Waals surface area (Å²) in [5.41, 5.74) is 2.39. The molecular weight excluding hydrogens is 246 g/mol. The van der Waals surface area contributed by atoms with E-state index in [1.807, 2.05) is 24.3 Å². The summed E-state index contributed by atoms with van der Waals surface area (Å²) in [6, 6.07) is 18.6. The van der Waals surface area contributed by atoms with Crippen LogP contribution in [0.1, 0.15) is 24.1 Å². The summed E-state index contributed by atoms with van der Waals surface area (Å²) in [5, 5.41) is 3.50. The maximum atomic E-state index is 5.55. The van der Waals surface area contributed by atoms with E-state index in [0.717, 1.165) is 17.9 Å². The molecule has 0 aliphatic carbocycles. The molecule has 2 heteroatoms. The quantitative estimate of drug-likeness (QED) is 0.806. The molecule has 0 bridgehead atoms. The van der Waals surface area contributed by atoms with Crippen molar-refractivity contribution >= 4 is 0 Å². The zero-order valence-corrected chi connectivity index (χ0v) is 11.7. The molecule has 0 saturated carbocycles. The number of ether oxygens (including phenoxy) is 1. The predicted molar refractivity (Wildman–Crippen MR) is 82.5 cm³/mol. The Hall–Kier alpha value is -2.24. The van der Waals surface area contributed by atoms with Crippen LogP contribution in [0.2, 0.25) is 0 Å². The van der Waals surface area contributed by atoms with Gasteiger partial charge in [-0.15, -0.1) is 6.42 Å². The number of hydrogen-bond acceptors (Lipinski definition) is 2. The SMILES string of the molecule is C#CCOc1ccccc1CNC(C)c1ccccc1. The molecule has 0 saturated heterocycles. The van der Waals surface area contributed by atoms with Crippen molar-refractivity contribution < 1.29 is 4.74 Å². The molecule has 2 nitrogen and oxygen atoms in total. The summed E-state index contributed by atoms with van der Waals surface area (Å²) in [7, 11) is 0. The first-order valence-electron chi connectivity index (χ1n) is 6.73. The highest BCUT2D eigenvalue weighted by molar-refractivity contribution is 5.33. The minimum Gasteiger partial charge on any atom is -0.481 e. The van der Waals surface area contributed by atoms with E-state index in [0.29, 0.717) is 6.61 Å². The molecule has 0 heterocycles. The number of rotatable bonds is 6. The summed E-state index contributed by atoms with van der Waals surface area (Å²) >= 11 is 0. The molecule has 0 aliphatic rings. The summed E-state index contributed by atoms with van der Waals surface area (Å²) in [6.45, 7) is 3.20. The zero-order valence-electron chi connectivity index (χ0n) is 11.7. The van der Waals surface area contributed by atoms with Gasteiger partial charge in [-0.1, -0.05) is 54.5 Å². The molecule has 1 unspecified atom stereocenters. The highest BCUT2D eigenvalue weighted by Crippen LogP contribution is 2.19. The first-order chi connectivity index (χ1) is 9.81. The van der Waals surface area contributed by atoms with Crippen molar-refractivity contribution in [1.29, 1.82) is 0 Å². The van der Waals surface area contributed by atoms with Crippen LogP contribution in [0, 0.1) is 12.3 Å². The monoisotopic (exact) mass is 265 g/mol. The minimum atomic E-state index is 0.289. The maximum Gasteiger partial charge on any atom is 0.148 e. The van der Waals surface area contributed by atoms with E-state index in [9.17, 15) is 0 Å². The predicted octanol–water partition coefficient (Wildman–Crippen LogP) is 3.55. The molecule has 20 heavy (non-hydrogen) atoms. The fourth-order valence-corrected chi connectivity index (χ4v) is 2.03. The lowest BCUT2D eigenvalue weighted by Crippen LogP contribution is -2.18. The summed E-state index contributed by atoms with van der Waals surface area (Å²) < 4.78 is 5.55.